The predicted octanol–water partition coefficient (Wildman–Crippen LogP) is 2.32. The molecule has 5 nitrogen and oxygen atoms in total. The van der Waals surface area contributed by atoms with Crippen molar-refractivity contribution in [2.45, 2.75) is 25.5 Å². The Kier molecular flexibility index (Phi) is 4.07. The molecule has 1 saturated heterocycles. The van der Waals surface area contributed by atoms with Crippen LogP contribution in [0.1, 0.15) is 18.4 Å². The van der Waals surface area contributed by atoms with Crippen LogP contribution in [0.15, 0.2) is 12.1 Å². The molecule has 1 aromatic rings. The van der Waals surface area contributed by atoms with Gasteiger partial charge in [-0.25, -0.2) is 0 Å². The first-order valence-electron chi connectivity index (χ1n) is 8.50. The van der Waals surface area contributed by atoms with Crippen LogP contribution in [0.3, 0.4) is 0 Å². The lowest BCUT2D eigenvalue weighted by Crippen LogP contribution is -2.45. The van der Waals surface area contributed by atoms with E-state index in [1.807, 2.05) is 13.2 Å². The molecule has 1 saturated carbocycles. The molecule has 0 aromatic heterocycles. The Labute approximate surface area is 137 Å². The lowest BCUT2D eigenvalue weighted by Gasteiger charge is -2.37. The zero-order valence-corrected chi connectivity index (χ0v) is 13.9. The summed E-state index contributed by atoms with van der Waals surface area (Å²) in [6, 6.07) is 4.04. The Morgan fingerprint density at radius 1 is 1.04 bits per heavy atom. The Hall–Kier alpha value is -1.46. The van der Waals surface area contributed by atoms with Crippen molar-refractivity contribution in [3.8, 4) is 17.2 Å². The van der Waals surface area contributed by atoms with E-state index in [0.717, 1.165) is 36.9 Å². The monoisotopic (exact) mass is 319 g/mol. The molecule has 1 aromatic carbocycles. The summed E-state index contributed by atoms with van der Waals surface area (Å²) in [6.45, 7) is 4.31. The zero-order valence-electron chi connectivity index (χ0n) is 13.9. The van der Waals surface area contributed by atoms with E-state index in [1.165, 1.54) is 18.4 Å². The molecule has 0 radical (unpaired) electrons. The van der Waals surface area contributed by atoms with Crippen molar-refractivity contribution in [2.75, 3.05) is 40.5 Å². The maximum Gasteiger partial charge on any atom is 0.165 e. The molecular weight excluding hydrogens is 294 g/mol. The second-order valence-corrected chi connectivity index (χ2v) is 6.80. The molecule has 2 bridgehead atoms. The number of rotatable bonds is 4. The van der Waals surface area contributed by atoms with Crippen LogP contribution in [0.25, 0.3) is 0 Å². The zero-order chi connectivity index (χ0) is 15.8. The van der Waals surface area contributed by atoms with Gasteiger partial charge in [-0.3, -0.25) is 4.90 Å². The van der Waals surface area contributed by atoms with Crippen LogP contribution in [0.2, 0.25) is 0 Å². The van der Waals surface area contributed by atoms with Gasteiger partial charge in [0.2, 0.25) is 0 Å². The summed E-state index contributed by atoms with van der Waals surface area (Å²) in [5.74, 6) is 3.84. The molecule has 0 spiro atoms. The van der Waals surface area contributed by atoms with Gasteiger partial charge in [0.15, 0.2) is 11.5 Å². The third-order valence-electron chi connectivity index (χ3n) is 5.43. The Morgan fingerprint density at radius 2 is 1.70 bits per heavy atom. The average Bonchev–Trinajstić information content (AvgIpc) is 2.83. The molecule has 5 heteroatoms. The molecule has 0 N–H and O–H groups in total. The number of fused-ring (bicyclic) bond motifs is 3. The summed E-state index contributed by atoms with van der Waals surface area (Å²) in [6.07, 6.45) is 3.03. The summed E-state index contributed by atoms with van der Waals surface area (Å²) < 4.78 is 22.7. The van der Waals surface area contributed by atoms with Crippen molar-refractivity contribution in [2.24, 2.45) is 11.8 Å². The first-order valence-corrected chi connectivity index (χ1v) is 8.50. The third kappa shape index (κ3) is 2.76. The molecule has 1 aliphatic carbocycles. The van der Waals surface area contributed by atoms with Gasteiger partial charge in [0.25, 0.3) is 0 Å². The van der Waals surface area contributed by atoms with Gasteiger partial charge < -0.3 is 18.9 Å². The van der Waals surface area contributed by atoms with E-state index >= 15 is 0 Å². The molecule has 2 aliphatic heterocycles. The molecule has 1 unspecified atom stereocenters. The topological polar surface area (TPSA) is 40.2 Å². The highest BCUT2D eigenvalue weighted by Gasteiger charge is 2.42. The summed E-state index contributed by atoms with van der Waals surface area (Å²) >= 11 is 0. The quantitative estimate of drug-likeness (QED) is 0.852. The van der Waals surface area contributed by atoms with E-state index in [2.05, 4.69) is 11.0 Å². The molecule has 3 atom stereocenters. The summed E-state index contributed by atoms with van der Waals surface area (Å²) in [7, 11) is 3.57. The lowest BCUT2D eigenvalue weighted by molar-refractivity contribution is -0.0181. The molecule has 4 rings (SSSR count). The molecule has 2 heterocycles. The largest absolute Gasteiger partial charge is 0.496 e. The van der Waals surface area contributed by atoms with Crippen LogP contribution < -0.4 is 14.2 Å². The van der Waals surface area contributed by atoms with Crippen molar-refractivity contribution in [3.63, 3.8) is 0 Å². The number of benzene rings is 1. The van der Waals surface area contributed by atoms with Gasteiger partial charge in [0.1, 0.15) is 19.0 Å². The van der Waals surface area contributed by atoms with Crippen molar-refractivity contribution < 1.29 is 18.9 Å². The van der Waals surface area contributed by atoms with E-state index in [-0.39, 0.29) is 0 Å². The van der Waals surface area contributed by atoms with Gasteiger partial charge >= 0.3 is 0 Å². The fourth-order valence-electron chi connectivity index (χ4n) is 4.45. The van der Waals surface area contributed by atoms with Crippen LogP contribution in [0.5, 0.6) is 17.2 Å². The maximum atomic E-state index is 5.72. The number of ether oxygens (including phenoxy) is 4. The minimum Gasteiger partial charge on any atom is -0.496 e. The van der Waals surface area contributed by atoms with Gasteiger partial charge in [-0.05, 0) is 30.7 Å². The normalized spacial score (nSPS) is 29.6. The Bertz CT molecular complexity index is 562. The number of likely N-dealkylation sites (tertiary alicyclic amines) is 1. The van der Waals surface area contributed by atoms with Crippen molar-refractivity contribution >= 4 is 0 Å². The van der Waals surface area contributed by atoms with Crippen LogP contribution >= 0.6 is 0 Å². The number of hydrogen-bond acceptors (Lipinski definition) is 5. The smallest absolute Gasteiger partial charge is 0.165 e. The number of hydrogen-bond donors (Lipinski definition) is 0. The average molecular weight is 319 g/mol. The second-order valence-electron chi connectivity index (χ2n) is 6.80. The van der Waals surface area contributed by atoms with Crippen LogP contribution in [0.4, 0.5) is 0 Å². The fourth-order valence-corrected chi connectivity index (χ4v) is 4.45. The SMILES string of the molecule is COc1cc2c(cc1CN1C[C@H]3CC[C@@H](C1)C3OC)OCCO2. The first-order chi connectivity index (χ1) is 11.3. The lowest BCUT2D eigenvalue weighted by atomic mass is 9.94. The molecule has 2 fully saturated rings. The van der Waals surface area contributed by atoms with E-state index in [9.17, 15) is 0 Å². The second kappa shape index (κ2) is 6.21. The molecule has 23 heavy (non-hydrogen) atoms. The highest BCUT2D eigenvalue weighted by Crippen LogP contribution is 2.41. The number of nitrogens with zero attached hydrogens (tertiary/aromatic N) is 1. The Balaban J connectivity index is 1.53. The Morgan fingerprint density at radius 3 is 2.30 bits per heavy atom. The van der Waals surface area contributed by atoms with E-state index in [0.29, 0.717) is 31.2 Å². The molecule has 126 valence electrons. The van der Waals surface area contributed by atoms with Gasteiger partial charge in [-0.1, -0.05) is 0 Å². The molecule has 0 amide bonds. The highest BCUT2D eigenvalue weighted by atomic mass is 16.6. The molecule has 3 aliphatic rings. The minimum absolute atomic E-state index is 0.452. The maximum absolute atomic E-state index is 5.72. The number of piperidine rings is 1. The van der Waals surface area contributed by atoms with Crippen molar-refractivity contribution in [1.82, 2.24) is 4.90 Å². The first kappa shape index (κ1) is 15.1. The van der Waals surface area contributed by atoms with E-state index in [4.69, 9.17) is 18.9 Å². The van der Waals surface area contributed by atoms with Crippen LogP contribution in [-0.2, 0) is 11.3 Å². The molecular formula is C18H25NO4. The van der Waals surface area contributed by atoms with E-state index in [1.54, 1.807) is 7.11 Å². The highest BCUT2D eigenvalue weighted by molar-refractivity contribution is 5.51. The third-order valence-corrected chi connectivity index (χ3v) is 5.43. The van der Waals surface area contributed by atoms with Crippen LogP contribution in [0, 0.1) is 11.8 Å². The predicted molar refractivity (Wildman–Crippen MR) is 86.3 cm³/mol. The summed E-state index contributed by atoms with van der Waals surface area (Å²) in [5.41, 5.74) is 1.17. The summed E-state index contributed by atoms with van der Waals surface area (Å²) in [4.78, 5) is 2.53. The minimum atomic E-state index is 0.452. The van der Waals surface area contributed by atoms with Gasteiger partial charge in [-0.15, -0.1) is 0 Å². The standard InChI is InChI=1S/C18H25NO4/c1-20-15-8-17-16(22-5-6-23-17)7-14(15)11-19-9-12-3-4-13(10-19)18(12)21-2/h7-8,12-13,18H,3-6,9-11H2,1-2H3/t12-,13+,18?. The van der Waals surface area contributed by atoms with Gasteiger partial charge in [0, 0.05) is 38.4 Å². The van der Waals surface area contributed by atoms with Crippen LogP contribution in [-0.4, -0.2) is 51.5 Å². The van der Waals surface area contributed by atoms with Gasteiger partial charge in [0.05, 0.1) is 13.2 Å². The number of methoxy groups -OCH3 is 2. The van der Waals surface area contributed by atoms with Gasteiger partial charge in [-0.2, -0.15) is 0 Å². The summed E-state index contributed by atoms with van der Waals surface area (Å²) in [5, 5.41) is 0. The van der Waals surface area contributed by atoms with E-state index < -0.39 is 0 Å². The fraction of sp³-hybridized carbons (Fsp3) is 0.667. The van der Waals surface area contributed by atoms with Crippen molar-refractivity contribution in [1.29, 1.82) is 0 Å². The van der Waals surface area contributed by atoms with Crippen molar-refractivity contribution in [3.05, 3.63) is 17.7 Å².